The summed E-state index contributed by atoms with van der Waals surface area (Å²) < 4.78 is 10.5. The third-order valence-electron chi connectivity index (χ3n) is 3.12. The van der Waals surface area contributed by atoms with Crippen LogP contribution in [0.15, 0.2) is 48.5 Å². The fourth-order valence-corrected chi connectivity index (χ4v) is 2.22. The predicted molar refractivity (Wildman–Crippen MR) is 85.7 cm³/mol. The first kappa shape index (κ1) is 15.9. The number of rotatable bonds is 5. The van der Waals surface area contributed by atoms with Crippen LogP contribution in [-0.2, 0) is 4.79 Å². The molecule has 22 heavy (non-hydrogen) atoms. The minimum absolute atomic E-state index is 0.533. The molecule has 114 valence electrons. The van der Waals surface area contributed by atoms with Gasteiger partial charge in [-0.1, -0.05) is 29.8 Å². The second kappa shape index (κ2) is 7.00. The molecule has 0 amide bonds. The summed E-state index contributed by atoms with van der Waals surface area (Å²) in [5.74, 6) is 0.0852. The largest absolute Gasteiger partial charge is 0.493 e. The predicted octanol–water partition coefficient (Wildman–Crippen LogP) is 3.87. The second-order valence-corrected chi connectivity index (χ2v) is 4.91. The monoisotopic (exact) mass is 318 g/mol. The lowest BCUT2D eigenvalue weighted by atomic mass is 9.97. The number of ether oxygens (including phenoxy) is 2. The van der Waals surface area contributed by atoms with Crippen LogP contribution in [0.1, 0.15) is 11.1 Å². The molecule has 5 heteroatoms. The highest BCUT2D eigenvalue weighted by Crippen LogP contribution is 2.33. The van der Waals surface area contributed by atoms with E-state index in [0.717, 1.165) is 11.6 Å². The number of hydrogen-bond donors (Lipinski definition) is 1. The van der Waals surface area contributed by atoms with E-state index in [2.05, 4.69) is 0 Å². The zero-order valence-electron chi connectivity index (χ0n) is 12.2. The zero-order valence-corrected chi connectivity index (χ0v) is 12.9. The molecule has 0 aliphatic heterocycles. The Hall–Kier alpha value is -2.46. The van der Waals surface area contributed by atoms with Crippen molar-refractivity contribution >= 4 is 23.1 Å². The smallest absolute Gasteiger partial charge is 0.328 e. The number of hydrogen-bond acceptors (Lipinski definition) is 3. The molecule has 0 atom stereocenters. The highest BCUT2D eigenvalue weighted by molar-refractivity contribution is 6.30. The lowest BCUT2D eigenvalue weighted by Crippen LogP contribution is -1.97. The van der Waals surface area contributed by atoms with E-state index in [1.165, 1.54) is 7.11 Å². The van der Waals surface area contributed by atoms with E-state index in [-0.39, 0.29) is 0 Å². The Bertz CT molecular complexity index is 705. The summed E-state index contributed by atoms with van der Waals surface area (Å²) in [6.45, 7) is 0. The van der Waals surface area contributed by atoms with Crippen molar-refractivity contribution in [1.29, 1.82) is 0 Å². The minimum atomic E-state index is -1.03. The normalized spacial score (nSPS) is 11.1. The van der Waals surface area contributed by atoms with Gasteiger partial charge in [-0.3, -0.25) is 0 Å². The number of aliphatic carboxylic acids is 1. The van der Waals surface area contributed by atoms with E-state index in [0.29, 0.717) is 27.7 Å². The van der Waals surface area contributed by atoms with Crippen LogP contribution in [0.2, 0.25) is 5.02 Å². The number of benzene rings is 2. The maximum absolute atomic E-state index is 11.1. The molecule has 2 aromatic rings. The number of halogens is 1. The first-order valence-corrected chi connectivity index (χ1v) is 6.86. The van der Waals surface area contributed by atoms with Crippen molar-refractivity contribution in [3.05, 3.63) is 64.7 Å². The molecule has 0 heterocycles. The summed E-state index contributed by atoms with van der Waals surface area (Å²) in [6, 6.07) is 12.2. The molecule has 0 fully saturated rings. The maximum atomic E-state index is 11.1. The summed E-state index contributed by atoms with van der Waals surface area (Å²) in [4.78, 5) is 11.1. The summed E-state index contributed by atoms with van der Waals surface area (Å²) in [6.07, 6.45) is 1.16. The van der Waals surface area contributed by atoms with E-state index in [9.17, 15) is 4.79 Å². The van der Waals surface area contributed by atoms with Gasteiger partial charge in [0.25, 0.3) is 0 Å². The number of carboxylic acid groups (broad SMARTS) is 1. The van der Waals surface area contributed by atoms with Crippen molar-refractivity contribution in [3.8, 4) is 11.5 Å². The molecule has 0 unspecified atom stereocenters. The van der Waals surface area contributed by atoms with Crippen LogP contribution in [0.3, 0.4) is 0 Å². The molecule has 2 aromatic carbocycles. The van der Waals surface area contributed by atoms with Gasteiger partial charge in [0.1, 0.15) is 0 Å². The first-order valence-electron chi connectivity index (χ1n) is 6.48. The van der Waals surface area contributed by atoms with Crippen LogP contribution in [0, 0.1) is 0 Å². The summed E-state index contributed by atoms with van der Waals surface area (Å²) >= 11 is 5.88. The molecule has 0 radical (unpaired) electrons. The number of methoxy groups -OCH3 is 2. The summed E-state index contributed by atoms with van der Waals surface area (Å²) in [5.41, 5.74) is 2.02. The Labute approximate surface area is 133 Å². The molecular weight excluding hydrogens is 304 g/mol. The van der Waals surface area contributed by atoms with Gasteiger partial charge in [0.2, 0.25) is 0 Å². The Morgan fingerprint density at radius 3 is 2.14 bits per heavy atom. The standard InChI is InChI=1S/C17H15ClO4/c1-21-15-8-5-12(9-16(15)22-2)14(10-17(19)20)11-3-6-13(18)7-4-11/h3-10H,1-2H3,(H,19,20). The van der Waals surface area contributed by atoms with Crippen LogP contribution < -0.4 is 9.47 Å². The molecule has 4 nitrogen and oxygen atoms in total. The van der Waals surface area contributed by atoms with Crippen LogP contribution in [-0.4, -0.2) is 25.3 Å². The molecule has 0 aliphatic carbocycles. The molecule has 0 bridgehead atoms. The molecule has 0 spiro atoms. The van der Waals surface area contributed by atoms with Crippen LogP contribution in [0.25, 0.3) is 5.57 Å². The zero-order chi connectivity index (χ0) is 16.1. The van der Waals surface area contributed by atoms with Gasteiger partial charge >= 0.3 is 5.97 Å². The van der Waals surface area contributed by atoms with Gasteiger partial charge in [-0.05, 0) is 41.0 Å². The lowest BCUT2D eigenvalue weighted by Gasteiger charge is -2.12. The Balaban J connectivity index is 2.55. The fourth-order valence-electron chi connectivity index (χ4n) is 2.09. The molecule has 0 saturated heterocycles. The summed E-state index contributed by atoms with van der Waals surface area (Å²) in [7, 11) is 3.08. The van der Waals surface area contributed by atoms with Gasteiger partial charge in [-0.2, -0.15) is 0 Å². The molecule has 0 aromatic heterocycles. The quantitative estimate of drug-likeness (QED) is 0.850. The first-order chi connectivity index (χ1) is 10.5. The van der Waals surface area contributed by atoms with Gasteiger partial charge in [0.05, 0.1) is 14.2 Å². The Morgan fingerprint density at radius 2 is 1.59 bits per heavy atom. The van der Waals surface area contributed by atoms with E-state index >= 15 is 0 Å². The number of carboxylic acids is 1. The lowest BCUT2D eigenvalue weighted by molar-refractivity contribution is -0.131. The van der Waals surface area contributed by atoms with Gasteiger partial charge in [0.15, 0.2) is 11.5 Å². The molecule has 0 saturated carbocycles. The van der Waals surface area contributed by atoms with Crippen molar-refractivity contribution in [2.45, 2.75) is 0 Å². The second-order valence-electron chi connectivity index (χ2n) is 4.47. The van der Waals surface area contributed by atoms with Crippen molar-refractivity contribution in [3.63, 3.8) is 0 Å². The third-order valence-corrected chi connectivity index (χ3v) is 3.37. The molecule has 1 N–H and O–H groups in total. The van der Waals surface area contributed by atoms with E-state index in [1.807, 2.05) is 0 Å². The van der Waals surface area contributed by atoms with Crippen molar-refractivity contribution in [1.82, 2.24) is 0 Å². The summed E-state index contributed by atoms with van der Waals surface area (Å²) in [5, 5.41) is 9.72. The van der Waals surface area contributed by atoms with Gasteiger partial charge in [-0.15, -0.1) is 0 Å². The van der Waals surface area contributed by atoms with E-state index in [4.69, 9.17) is 26.2 Å². The van der Waals surface area contributed by atoms with Crippen molar-refractivity contribution < 1.29 is 19.4 Å². The van der Waals surface area contributed by atoms with Gasteiger partial charge in [-0.25, -0.2) is 4.79 Å². The van der Waals surface area contributed by atoms with Gasteiger partial charge < -0.3 is 14.6 Å². The van der Waals surface area contributed by atoms with Crippen LogP contribution in [0.4, 0.5) is 0 Å². The SMILES string of the molecule is COc1ccc(C(=CC(=O)O)c2ccc(Cl)cc2)cc1OC. The highest BCUT2D eigenvalue weighted by atomic mass is 35.5. The number of carbonyl (C=O) groups is 1. The van der Waals surface area contributed by atoms with Crippen LogP contribution >= 0.6 is 11.6 Å². The highest BCUT2D eigenvalue weighted by Gasteiger charge is 2.11. The molecular formula is C17H15ClO4. The van der Waals surface area contributed by atoms with Crippen molar-refractivity contribution in [2.24, 2.45) is 0 Å². The van der Waals surface area contributed by atoms with Gasteiger partial charge in [0, 0.05) is 11.1 Å². The third kappa shape index (κ3) is 3.59. The Kier molecular flexibility index (Phi) is 5.07. The molecule has 2 rings (SSSR count). The maximum Gasteiger partial charge on any atom is 0.328 e. The van der Waals surface area contributed by atoms with E-state index in [1.54, 1.807) is 49.6 Å². The molecule has 0 aliphatic rings. The average molecular weight is 319 g/mol. The van der Waals surface area contributed by atoms with E-state index < -0.39 is 5.97 Å². The minimum Gasteiger partial charge on any atom is -0.493 e. The van der Waals surface area contributed by atoms with Crippen LogP contribution in [0.5, 0.6) is 11.5 Å². The van der Waals surface area contributed by atoms with Crippen molar-refractivity contribution in [2.75, 3.05) is 14.2 Å². The fraction of sp³-hybridized carbons (Fsp3) is 0.118. The average Bonchev–Trinajstić information content (AvgIpc) is 2.52. The Morgan fingerprint density at radius 1 is 1.00 bits per heavy atom. The topological polar surface area (TPSA) is 55.8 Å².